The van der Waals surface area contributed by atoms with E-state index in [0.29, 0.717) is 0 Å². The maximum Gasteiger partial charge on any atom is 0.179 e. The lowest BCUT2D eigenvalue weighted by atomic mass is 9.97. The van der Waals surface area contributed by atoms with E-state index in [0.717, 1.165) is 49.9 Å². The third-order valence-electron chi connectivity index (χ3n) is 12.7. The minimum absolute atomic E-state index is 0.897. The fourth-order valence-corrected chi connectivity index (χ4v) is 14.8. The molecule has 2 heterocycles. The van der Waals surface area contributed by atoms with Crippen molar-refractivity contribution in [3.8, 4) is 27.9 Å². The molecule has 0 fully saturated rings. The van der Waals surface area contributed by atoms with Crippen molar-refractivity contribution in [1.82, 2.24) is 4.57 Å². The van der Waals surface area contributed by atoms with Crippen LogP contribution in [0.5, 0.6) is 0 Å². The summed E-state index contributed by atoms with van der Waals surface area (Å²) in [5, 5.41) is 12.6. The number of fused-ring (bicyclic) bond motifs is 7. The zero-order valence-corrected chi connectivity index (χ0v) is 34.4. The van der Waals surface area contributed by atoms with Crippen LogP contribution in [0.4, 0.5) is 0 Å². The van der Waals surface area contributed by atoms with Gasteiger partial charge in [-0.3, -0.25) is 0 Å². The lowest BCUT2D eigenvalue weighted by Crippen LogP contribution is -2.74. The molecule has 0 atom stereocenters. The molecule has 0 amide bonds. The molecule has 0 aliphatic heterocycles. The second-order valence-electron chi connectivity index (χ2n) is 16.0. The van der Waals surface area contributed by atoms with Crippen molar-refractivity contribution < 1.29 is 4.42 Å². The van der Waals surface area contributed by atoms with E-state index in [1.54, 1.807) is 0 Å². The first-order valence-electron chi connectivity index (χ1n) is 21.0. The van der Waals surface area contributed by atoms with E-state index < -0.39 is 8.07 Å². The summed E-state index contributed by atoms with van der Waals surface area (Å²) in [7, 11) is -3.02. The van der Waals surface area contributed by atoms with E-state index in [2.05, 4.69) is 241 Å². The predicted octanol–water partition coefficient (Wildman–Crippen LogP) is 12.5. The zero-order valence-electron chi connectivity index (χ0n) is 33.4. The fraction of sp³-hybridized carbons (Fsp3) is 0. The lowest BCUT2D eigenvalue weighted by molar-refractivity contribution is 0.670. The summed E-state index contributed by atoms with van der Waals surface area (Å²) in [5.41, 5.74) is 9.85. The Morgan fingerprint density at radius 3 is 1.66 bits per heavy atom. The van der Waals surface area contributed by atoms with Gasteiger partial charge in [0.05, 0.1) is 11.0 Å². The van der Waals surface area contributed by atoms with Gasteiger partial charge in [0.1, 0.15) is 11.2 Å². The van der Waals surface area contributed by atoms with Gasteiger partial charge in [0.2, 0.25) is 0 Å². The van der Waals surface area contributed by atoms with Gasteiger partial charge >= 0.3 is 0 Å². The Balaban J connectivity index is 1.18. The molecule has 0 unspecified atom stereocenters. The van der Waals surface area contributed by atoms with Crippen molar-refractivity contribution in [2.45, 2.75) is 0 Å². The maximum absolute atomic E-state index is 6.77. The van der Waals surface area contributed by atoms with Crippen molar-refractivity contribution in [1.29, 1.82) is 0 Å². The van der Waals surface area contributed by atoms with Crippen LogP contribution in [0.3, 0.4) is 0 Å². The first kappa shape index (κ1) is 35.2. The minimum Gasteiger partial charge on any atom is -0.455 e. The van der Waals surface area contributed by atoms with Crippen LogP contribution in [0.1, 0.15) is 0 Å². The summed E-state index contributed by atoms with van der Waals surface area (Å²) < 4.78 is 9.18. The molecule has 0 aliphatic carbocycles. The molecule has 61 heavy (non-hydrogen) atoms. The molecule has 3 heteroatoms. The predicted molar refractivity (Wildman–Crippen MR) is 260 cm³/mol. The standard InChI is InChI=1S/C58H39NOSi/c1-3-21-46(22-4-1)61(47-23-5-2-6-24-47,48-34-33-40-17-7-8-18-42(40)37-48)49-38-43(35-44(39-49)50-28-16-29-54-53-27-11-14-32-57(53)60-58(50)54)41-19-15-20-45(36-41)59-55-30-12-9-25-51(55)52-26-10-13-31-56(52)59/h1-39H. The van der Waals surface area contributed by atoms with Crippen molar-refractivity contribution in [3.05, 3.63) is 237 Å². The van der Waals surface area contributed by atoms with E-state index in [1.807, 2.05) is 0 Å². The number of furan rings is 1. The molecule has 12 rings (SSSR count). The molecule has 0 saturated carbocycles. The summed E-state index contributed by atoms with van der Waals surface area (Å²) in [4.78, 5) is 0. The monoisotopic (exact) mass is 793 g/mol. The number of aromatic nitrogens is 1. The highest BCUT2D eigenvalue weighted by Crippen LogP contribution is 2.38. The van der Waals surface area contributed by atoms with Gasteiger partial charge in [-0.2, -0.15) is 0 Å². The van der Waals surface area contributed by atoms with Crippen LogP contribution in [0.2, 0.25) is 0 Å². The highest BCUT2D eigenvalue weighted by molar-refractivity contribution is 7.20. The van der Waals surface area contributed by atoms with Gasteiger partial charge in [0.15, 0.2) is 8.07 Å². The van der Waals surface area contributed by atoms with Crippen LogP contribution in [0.15, 0.2) is 241 Å². The van der Waals surface area contributed by atoms with Crippen LogP contribution in [-0.2, 0) is 0 Å². The average Bonchev–Trinajstić information content (AvgIpc) is 3.89. The van der Waals surface area contributed by atoms with Gasteiger partial charge in [-0.25, -0.2) is 0 Å². The third-order valence-corrected chi connectivity index (χ3v) is 17.4. The molecule has 10 aromatic carbocycles. The van der Waals surface area contributed by atoms with Crippen LogP contribution < -0.4 is 20.7 Å². The van der Waals surface area contributed by atoms with E-state index in [1.165, 1.54) is 53.3 Å². The molecule has 0 radical (unpaired) electrons. The van der Waals surface area contributed by atoms with Crippen LogP contribution in [0, 0.1) is 0 Å². The third kappa shape index (κ3) is 5.62. The molecule has 0 N–H and O–H groups in total. The Morgan fingerprint density at radius 1 is 0.328 bits per heavy atom. The van der Waals surface area contributed by atoms with Gasteiger partial charge < -0.3 is 8.98 Å². The second-order valence-corrected chi connectivity index (χ2v) is 19.9. The van der Waals surface area contributed by atoms with Crippen LogP contribution in [0.25, 0.3) is 82.5 Å². The highest BCUT2D eigenvalue weighted by atomic mass is 28.3. The Labute approximate surface area is 355 Å². The molecular weight excluding hydrogens is 755 g/mol. The van der Waals surface area contributed by atoms with Crippen LogP contribution >= 0.6 is 0 Å². The minimum atomic E-state index is -3.02. The maximum atomic E-state index is 6.77. The molecule has 12 aromatic rings. The van der Waals surface area contributed by atoms with Crippen LogP contribution in [-0.4, -0.2) is 12.6 Å². The Morgan fingerprint density at radius 2 is 0.918 bits per heavy atom. The second kappa shape index (κ2) is 14.2. The first-order valence-corrected chi connectivity index (χ1v) is 23.0. The summed E-state index contributed by atoms with van der Waals surface area (Å²) in [6.07, 6.45) is 0. The lowest BCUT2D eigenvalue weighted by Gasteiger charge is -2.35. The summed E-state index contributed by atoms with van der Waals surface area (Å²) in [6.45, 7) is 0. The van der Waals surface area contributed by atoms with E-state index in [-0.39, 0.29) is 0 Å². The normalized spacial score (nSPS) is 11.9. The molecule has 0 saturated heterocycles. The number of hydrogen-bond donors (Lipinski definition) is 0. The Kier molecular flexibility index (Phi) is 8.22. The van der Waals surface area contributed by atoms with Crippen molar-refractivity contribution in [2.24, 2.45) is 0 Å². The zero-order chi connectivity index (χ0) is 40.3. The summed E-state index contributed by atoms with van der Waals surface area (Å²) >= 11 is 0. The molecule has 2 nitrogen and oxygen atoms in total. The number of para-hydroxylation sites is 4. The molecule has 0 spiro atoms. The van der Waals surface area contributed by atoms with E-state index >= 15 is 0 Å². The topological polar surface area (TPSA) is 18.1 Å². The van der Waals surface area contributed by atoms with Gasteiger partial charge in [-0.1, -0.05) is 200 Å². The van der Waals surface area contributed by atoms with E-state index in [4.69, 9.17) is 4.42 Å². The number of hydrogen-bond acceptors (Lipinski definition) is 1. The number of nitrogens with zero attached hydrogens (tertiary/aromatic N) is 1. The molecular formula is C58H39NOSi. The Hall–Kier alpha value is -7.72. The van der Waals surface area contributed by atoms with Gasteiger partial charge in [-0.05, 0) is 84.6 Å². The average molecular weight is 794 g/mol. The fourth-order valence-electron chi connectivity index (χ4n) is 9.96. The quantitative estimate of drug-likeness (QED) is 0.116. The van der Waals surface area contributed by atoms with Gasteiger partial charge in [0, 0.05) is 32.8 Å². The molecule has 2 aromatic heterocycles. The smallest absolute Gasteiger partial charge is 0.179 e. The SMILES string of the molecule is c1ccc([Si](c2ccccc2)(c2cc(-c3cccc(-n4c5ccccc5c5ccccc54)c3)cc(-c3cccc4c3oc3ccccc34)c2)c2ccc3ccccc3c2)cc1. The Bertz CT molecular complexity index is 3510. The molecule has 0 aliphatic rings. The highest BCUT2D eigenvalue weighted by Gasteiger charge is 2.42. The first-order chi connectivity index (χ1) is 30.2. The number of benzene rings is 10. The summed E-state index contributed by atoms with van der Waals surface area (Å²) in [6, 6.07) is 87.3. The molecule has 286 valence electrons. The van der Waals surface area contributed by atoms with Gasteiger partial charge in [0.25, 0.3) is 0 Å². The van der Waals surface area contributed by atoms with E-state index in [9.17, 15) is 0 Å². The van der Waals surface area contributed by atoms with Crippen molar-refractivity contribution in [2.75, 3.05) is 0 Å². The van der Waals surface area contributed by atoms with Gasteiger partial charge in [-0.15, -0.1) is 0 Å². The molecule has 0 bridgehead atoms. The van der Waals surface area contributed by atoms with Crippen molar-refractivity contribution in [3.63, 3.8) is 0 Å². The summed E-state index contributed by atoms with van der Waals surface area (Å²) in [5.74, 6) is 0. The number of rotatable bonds is 7. The van der Waals surface area contributed by atoms with Crippen molar-refractivity contribution >= 4 is 83.3 Å². The largest absolute Gasteiger partial charge is 0.455 e.